The van der Waals surface area contributed by atoms with Gasteiger partial charge in [0.2, 0.25) is 0 Å². The lowest BCUT2D eigenvalue weighted by Gasteiger charge is -2.05. The molecule has 1 unspecified atom stereocenters. The van der Waals surface area contributed by atoms with E-state index in [2.05, 4.69) is 4.74 Å². The Hall–Kier alpha value is -1.10. The second kappa shape index (κ2) is 1.70. The minimum atomic E-state index is -0.785. The van der Waals surface area contributed by atoms with Gasteiger partial charge >= 0.3 is 12.1 Å². The van der Waals surface area contributed by atoms with Crippen LogP contribution < -0.4 is 5.84 Å². The molecule has 1 aliphatic heterocycles. The summed E-state index contributed by atoms with van der Waals surface area (Å²) in [5.74, 6) is 4.46. The summed E-state index contributed by atoms with van der Waals surface area (Å²) in [6, 6.07) is -0.641. The van der Waals surface area contributed by atoms with E-state index in [-0.39, 0.29) is 0 Å². The van der Waals surface area contributed by atoms with Crippen LogP contribution in [0.25, 0.3) is 0 Å². The van der Waals surface area contributed by atoms with Crippen molar-refractivity contribution in [2.75, 3.05) is 0 Å². The number of carbonyl (C=O) groups is 2. The number of amides is 1. The maximum Gasteiger partial charge on any atom is 0.432 e. The minimum Gasteiger partial charge on any atom is -0.374 e. The molecule has 0 spiro atoms. The Morgan fingerprint density at radius 2 is 2.22 bits per heavy atom. The Labute approximate surface area is 51.3 Å². The van der Waals surface area contributed by atoms with Crippen LogP contribution in [0.5, 0.6) is 0 Å². The van der Waals surface area contributed by atoms with Gasteiger partial charge in [-0.2, -0.15) is 0 Å². The average molecular weight is 130 g/mol. The molecular formula is C4H6N2O3. The highest BCUT2D eigenvalue weighted by atomic mass is 16.6. The molecule has 0 aromatic rings. The fraction of sp³-hybridized carbons (Fsp3) is 0.500. The van der Waals surface area contributed by atoms with Crippen LogP contribution in [0.15, 0.2) is 0 Å². The molecule has 1 fully saturated rings. The Kier molecular flexibility index (Phi) is 1.14. The highest BCUT2D eigenvalue weighted by molar-refractivity contribution is 5.94. The molecule has 0 aliphatic carbocycles. The van der Waals surface area contributed by atoms with Crippen LogP contribution in [-0.2, 0) is 9.53 Å². The van der Waals surface area contributed by atoms with Crippen LogP contribution in [0.1, 0.15) is 6.92 Å². The summed E-state index contributed by atoms with van der Waals surface area (Å²) >= 11 is 0. The standard InChI is InChI=1S/C4H6N2O3/c1-2-3(7)9-4(8)6(2)5/h2H,5H2,1H3. The Morgan fingerprint density at radius 1 is 1.67 bits per heavy atom. The summed E-state index contributed by atoms with van der Waals surface area (Å²) in [6.45, 7) is 1.49. The highest BCUT2D eigenvalue weighted by Crippen LogP contribution is 2.06. The highest BCUT2D eigenvalue weighted by Gasteiger charge is 2.35. The second-order valence-electron chi connectivity index (χ2n) is 1.77. The maximum absolute atomic E-state index is 10.4. The third-order valence-electron chi connectivity index (χ3n) is 1.16. The van der Waals surface area contributed by atoms with Gasteiger partial charge in [-0.1, -0.05) is 0 Å². The molecule has 0 saturated carbocycles. The molecule has 5 nitrogen and oxygen atoms in total. The van der Waals surface area contributed by atoms with Gasteiger partial charge in [-0.05, 0) is 6.92 Å². The molecule has 0 bridgehead atoms. The number of hydrogen-bond donors (Lipinski definition) is 1. The molecule has 9 heavy (non-hydrogen) atoms. The molecule has 1 amide bonds. The van der Waals surface area contributed by atoms with Gasteiger partial charge in [0.1, 0.15) is 6.04 Å². The summed E-state index contributed by atoms with van der Waals surface area (Å²) in [5, 5.41) is 0.752. The molecular weight excluding hydrogens is 124 g/mol. The summed E-state index contributed by atoms with van der Waals surface area (Å²) < 4.78 is 4.11. The second-order valence-corrected chi connectivity index (χ2v) is 1.77. The number of rotatable bonds is 0. The van der Waals surface area contributed by atoms with Gasteiger partial charge < -0.3 is 4.74 Å². The molecule has 1 atom stereocenters. The number of nitrogens with two attached hydrogens (primary N) is 1. The van der Waals surface area contributed by atoms with Gasteiger partial charge in [0.05, 0.1) is 0 Å². The van der Waals surface area contributed by atoms with Gasteiger partial charge in [0.15, 0.2) is 0 Å². The van der Waals surface area contributed by atoms with E-state index in [0.29, 0.717) is 0 Å². The Balaban J connectivity index is 2.77. The molecule has 1 rings (SSSR count). The van der Waals surface area contributed by atoms with Gasteiger partial charge in [-0.15, -0.1) is 0 Å². The normalized spacial score (nSPS) is 26.9. The van der Waals surface area contributed by atoms with Crippen LogP contribution in [0.4, 0.5) is 4.79 Å². The molecule has 2 N–H and O–H groups in total. The van der Waals surface area contributed by atoms with Crippen molar-refractivity contribution in [1.29, 1.82) is 0 Å². The van der Waals surface area contributed by atoms with Gasteiger partial charge in [-0.3, -0.25) is 0 Å². The number of esters is 1. The molecule has 0 aromatic carbocycles. The topological polar surface area (TPSA) is 72.6 Å². The number of hydrazine groups is 1. The van der Waals surface area contributed by atoms with E-state index in [4.69, 9.17) is 5.84 Å². The fourth-order valence-electron chi connectivity index (χ4n) is 0.496. The Bertz CT molecular complexity index is 149. The summed E-state index contributed by atoms with van der Waals surface area (Å²) in [4.78, 5) is 20.8. The van der Waals surface area contributed by atoms with Crippen LogP contribution in [0.3, 0.4) is 0 Å². The first-order valence-electron chi connectivity index (χ1n) is 2.42. The maximum atomic E-state index is 10.4. The van der Waals surface area contributed by atoms with E-state index in [0.717, 1.165) is 5.01 Å². The lowest BCUT2D eigenvalue weighted by atomic mass is 10.4. The number of nitrogens with zero attached hydrogens (tertiary/aromatic N) is 1. The van der Waals surface area contributed by atoms with Crippen molar-refractivity contribution in [3.05, 3.63) is 0 Å². The van der Waals surface area contributed by atoms with Crippen LogP contribution >= 0.6 is 0 Å². The predicted octanol–water partition coefficient (Wildman–Crippen LogP) is -0.773. The lowest BCUT2D eigenvalue weighted by molar-refractivity contribution is -0.135. The quantitative estimate of drug-likeness (QED) is 0.202. The van der Waals surface area contributed by atoms with Crippen molar-refractivity contribution in [3.8, 4) is 0 Å². The Morgan fingerprint density at radius 3 is 2.33 bits per heavy atom. The first-order chi connectivity index (χ1) is 4.13. The first kappa shape index (κ1) is 6.03. The number of ether oxygens (including phenoxy) is 1. The summed E-state index contributed by atoms with van der Waals surface area (Å²) in [7, 11) is 0. The average Bonchev–Trinajstić information content (AvgIpc) is 1.98. The fourth-order valence-corrected chi connectivity index (χ4v) is 0.496. The van der Waals surface area contributed by atoms with E-state index in [9.17, 15) is 9.59 Å². The first-order valence-corrected chi connectivity index (χ1v) is 2.42. The van der Waals surface area contributed by atoms with Crippen LogP contribution in [0, 0.1) is 0 Å². The largest absolute Gasteiger partial charge is 0.432 e. The van der Waals surface area contributed by atoms with Crippen LogP contribution in [-0.4, -0.2) is 23.1 Å². The molecule has 0 radical (unpaired) electrons. The van der Waals surface area contributed by atoms with Crippen molar-refractivity contribution in [3.63, 3.8) is 0 Å². The van der Waals surface area contributed by atoms with E-state index in [1.165, 1.54) is 6.92 Å². The molecule has 5 heteroatoms. The summed E-state index contributed by atoms with van der Waals surface area (Å²) in [5.41, 5.74) is 0. The van der Waals surface area contributed by atoms with Crippen molar-refractivity contribution in [2.24, 2.45) is 5.84 Å². The summed E-state index contributed by atoms with van der Waals surface area (Å²) in [6.07, 6.45) is -0.785. The SMILES string of the molecule is CC1C(=O)OC(=O)N1N. The third kappa shape index (κ3) is 0.746. The predicted molar refractivity (Wildman–Crippen MR) is 27.0 cm³/mol. The molecule has 1 saturated heterocycles. The molecule has 1 heterocycles. The van der Waals surface area contributed by atoms with Gasteiger partial charge in [0.25, 0.3) is 0 Å². The van der Waals surface area contributed by atoms with E-state index in [1.807, 2.05) is 0 Å². The van der Waals surface area contributed by atoms with E-state index >= 15 is 0 Å². The third-order valence-corrected chi connectivity index (χ3v) is 1.16. The minimum absolute atomic E-state index is 0.595. The van der Waals surface area contributed by atoms with Gasteiger partial charge in [-0.25, -0.2) is 20.4 Å². The smallest absolute Gasteiger partial charge is 0.374 e. The zero-order valence-corrected chi connectivity index (χ0v) is 4.83. The zero-order valence-electron chi connectivity index (χ0n) is 4.83. The number of cyclic esters (lactones) is 2. The lowest BCUT2D eigenvalue weighted by Crippen LogP contribution is -2.38. The van der Waals surface area contributed by atoms with E-state index < -0.39 is 18.1 Å². The molecule has 0 aromatic heterocycles. The number of hydrogen-bond acceptors (Lipinski definition) is 4. The van der Waals surface area contributed by atoms with Crippen LogP contribution in [0.2, 0.25) is 0 Å². The van der Waals surface area contributed by atoms with Gasteiger partial charge in [0, 0.05) is 0 Å². The van der Waals surface area contributed by atoms with Crippen molar-refractivity contribution in [1.82, 2.24) is 5.01 Å². The van der Waals surface area contributed by atoms with Crippen molar-refractivity contribution < 1.29 is 14.3 Å². The van der Waals surface area contributed by atoms with Crippen molar-refractivity contribution >= 4 is 12.1 Å². The molecule has 1 aliphatic rings. The molecule has 50 valence electrons. The zero-order chi connectivity index (χ0) is 7.02. The monoisotopic (exact) mass is 130 g/mol. The van der Waals surface area contributed by atoms with E-state index in [1.54, 1.807) is 0 Å². The number of carbonyl (C=O) groups excluding carboxylic acids is 2. The van der Waals surface area contributed by atoms with Crippen molar-refractivity contribution in [2.45, 2.75) is 13.0 Å².